The van der Waals surface area contributed by atoms with Crippen molar-refractivity contribution < 1.29 is 4.74 Å². The van der Waals surface area contributed by atoms with E-state index in [1.165, 1.54) is 82.6 Å². The SMILES string of the molecule is CC(C)CCC[C@@H](C)[C@H]1CC[C@H]2C3CC=C4CC(Oc5ccnc(C6=C[C@H](C7CCCN7Cc7cc(N)ccn7)CC6)c5)CCC4(C)[C@H]3CCC12C. The molecule has 0 spiro atoms. The summed E-state index contributed by atoms with van der Waals surface area (Å²) in [7, 11) is 0. The number of ether oxygens (including phenoxy) is 1. The summed E-state index contributed by atoms with van der Waals surface area (Å²) >= 11 is 0. The normalized spacial score (nSPS) is 36.5. The van der Waals surface area contributed by atoms with E-state index in [1.807, 2.05) is 24.5 Å². The van der Waals surface area contributed by atoms with Gasteiger partial charge in [-0.05, 0) is 153 Å². The molecule has 52 heavy (non-hydrogen) atoms. The van der Waals surface area contributed by atoms with Crippen molar-refractivity contribution in [1.29, 1.82) is 0 Å². The van der Waals surface area contributed by atoms with Crippen LogP contribution in [-0.2, 0) is 6.54 Å². The fourth-order valence-electron chi connectivity index (χ4n) is 13.2. The lowest BCUT2D eigenvalue weighted by Gasteiger charge is -2.58. The first kappa shape index (κ1) is 36.3. The zero-order valence-electron chi connectivity index (χ0n) is 33.2. The summed E-state index contributed by atoms with van der Waals surface area (Å²) < 4.78 is 6.84. The van der Waals surface area contributed by atoms with E-state index >= 15 is 0 Å². The first-order valence-corrected chi connectivity index (χ1v) is 21.6. The van der Waals surface area contributed by atoms with Gasteiger partial charge >= 0.3 is 0 Å². The van der Waals surface area contributed by atoms with Crippen molar-refractivity contribution >= 4 is 11.3 Å². The van der Waals surface area contributed by atoms with Gasteiger partial charge in [-0.25, -0.2) is 0 Å². The number of likely N-dealkylation sites (tertiary alicyclic amines) is 1. The van der Waals surface area contributed by atoms with Gasteiger partial charge in [0.1, 0.15) is 11.9 Å². The molecule has 0 radical (unpaired) electrons. The third kappa shape index (κ3) is 7.02. The number of nitrogens with two attached hydrogens (primary N) is 1. The Morgan fingerprint density at radius 3 is 2.65 bits per heavy atom. The third-order valence-electron chi connectivity index (χ3n) is 15.9. The van der Waals surface area contributed by atoms with Crippen LogP contribution in [0.3, 0.4) is 0 Å². The molecule has 5 unspecified atom stereocenters. The van der Waals surface area contributed by atoms with E-state index in [-0.39, 0.29) is 6.10 Å². The molecule has 0 amide bonds. The van der Waals surface area contributed by atoms with Gasteiger partial charge < -0.3 is 10.5 Å². The summed E-state index contributed by atoms with van der Waals surface area (Å²) in [5, 5.41) is 0. The largest absolute Gasteiger partial charge is 0.490 e. The summed E-state index contributed by atoms with van der Waals surface area (Å²) in [5.74, 6) is 6.87. The molecule has 3 saturated carbocycles. The fourth-order valence-corrected chi connectivity index (χ4v) is 13.2. The van der Waals surface area contributed by atoms with Gasteiger partial charge in [0.25, 0.3) is 0 Å². The Bertz CT molecular complexity index is 1630. The van der Waals surface area contributed by atoms with Crippen molar-refractivity contribution in [3.05, 3.63) is 65.8 Å². The minimum Gasteiger partial charge on any atom is -0.490 e. The molecule has 5 heteroatoms. The number of hydrogen-bond donors (Lipinski definition) is 1. The Morgan fingerprint density at radius 2 is 1.81 bits per heavy atom. The first-order chi connectivity index (χ1) is 25.1. The highest BCUT2D eigenvalue weighted by Gasteiger charge is 2.59. The van der Waals surface area contributed by atoms with Crippen LogP contribution in [0, 0.1) is 52.3 Å². The molecular formula is C47H68N4O. The number of allylic oxidation sites excluding steroid dienone is 2. The Balaban J connectivity index is 0.894. The van der Waals surface area contributed by atoms with Crippen LogP contribution in [0.2, 0.25) is 0 Å². The summed E-state index contributed by atoms with van der Waals surface area (Å²) in [6.07, 6.45) is 29.1. The molecule has 10 atom stereocenters. The second kappa shape index (κ2) is 14.9. The molecule has 0 bridgehead atoms. The Kier molecular flexibility index (Phi) is 10.4. The van der Waals surface area contributed by atoms with E-state index < -0.39 is 0 Å². The van der Waals surface area contributed by atoms with Gasteiger partial charge in [0.05, 0.1) is 11.4 Å². The maximum atomic E-state index is 6.84. The predicted molar refractivity (Wildman–Crippen MR) is 214 cm³/mol. The Morgan fingerprint density at radius 1 is 0.942 bits per heavy atom. The smallest absolute Gasteiger partial charge is 0.123 e. The van der Waals surface area contributed by atoms with Crippen molar-refractivity contribution in [2.24, 2.45) is 52.3 Å². The van der Waals surface area contributed by atoms with Crippen LogP contribution in [0.25, 0.3) is 5.57 Å². The highest BCUT2D eigenvalue weighted by molar-refractivity contribution is 5.66. The molecule has 4 fully saturated rings. The third-order valence-corrected chi connectivity index (χ3v) is 15.9. The van der Waals surface area contributed by atoms with E-state index in [0.717, 1.165) is 90.7 Å². The van der Waals surface area contributed by atoms with Crippen LogP contribution >= 0.6 is 0 Å². The van der Waals surface area contributed by atoms with E-state index in [1.54, 1.807) is 5.57 Å². The molecule has 2 aromatic rings. The monoisotopic (exact) mass is 705 g/mol. The molecule has 1 aliphatic heterocycles. The summed E-state index contributed by atoms with van der Waals surface area (Å²) in [4.78, 5) is 12.1. The van der Waals surface area contributed by atoms with Gasteiger partial charge in [0.2, 0.25) is 0 Å². The lowest BCUT2D eigenvalue weighted by atomic mass is 9.47. The van der Waals surface area contributed by atoms with E-state index in [4.69, 9.17) is 15.5 Å². The summed E-state index contributed by atoms with van der Waals surface area (Å²) in [5.41, 5.74) is 13.1. The number of nitrogens with zero attached hydrogens (tertiary/aromatic N) is 3. The minimum absolute atomic E-state index is 0.264. The maximum Gasteiger partial charge on any atom is 0.123 e. The van der Waals surface area contributed by atoms with Gasteiger partial charge in [-0.2, -0.15) is 0 Å². The van der Waals surface area contributed by atoms with E-state index in [0.29, 0.717) is 22.8 Å². The number of anilines is 1. The Hall–Kier alpha value is -2.66. The predicted octanol–water partition coefficient (Wildman–Crippen LogP) is 11.3. The number of nitrogen functional groups attached to an aromatic ring is 1. The van der Waals surface area contributed by atoms with Crippen LogP contribution in [-0.4, -0.2) is 33.6 Å². The first-order valence-electron chi connectivity index (χ1n) is 21.6. The molecule has 282 valence electrons. The molecule has 6 aliphatic rings. The van der Waals surface area contributed by atoms with Crippen molar-refractivity contribution in [3.63, 3.8) is 0 Å². The van der Waals surface area contributed by atoms with Gasteiger partial charge in [0.15, 0.2) is 0 Å². The van der Waals surface area contributed by atoms with E-state index in [9.17, 15) is 0 Å². The molecule has 5 aliphatic carbocycles. The molecule has 1 saturated heterocycles. The number of rotatable bonds is 11. The standard InChI is InChI=1S/C47H68N4O/c1-31(2)8-6-9-32(3)41-15-16-42-40-14-13-35-27-38(17-21-46(35,4)43(40)18-22-47(41,42)5)52-39-20-24-50-44(29-39)33-11-12-34(26-33)45-10-7-25-51(45)30-37-28-36(48)19-23-49-37/h13,19-20,23-24,26,28-29,31-32,34,38,40-43,45H,6-12,14-18,21-22,25,27,30H2,1-5H3,(H2,48,49)/t32-,34-,38?,40?,41-,42+,43+,45?,46?,47?/m1/s1. The zero-order chi connectivity index (χ0) is 36.0. The average Bonchev–Trinajstić information content (AvgIpc) is 3.87. The van der Waals surface area contributed by atoms with E-state index in [2.05, 4.69) is 68.8 Å². The van der Waals surface area contributed by atoms with Crippen molar-refractivity contribution in [1.82, 2.24) is 14.9 Å². The van der Waals surface area contributed by atoms with Gasteiger partial charge in [-0.15, -0.1) is 0 Å². The van der Waals surface area contributed by atoms with Crippen molar-refractivity contribution in [2.75, 3.05) is 12.3 Å². The number of pyridine rings is 2. The molecule has 2 N–H and O–H groups in total. The molecule has 3 heterocycles. The van der Waals surface area contributed by atoms with Crippen LogP contribution in [0.5, 0.6) is 5.75 Å². The molecule has 2 aromatic heterocycles. The Labute approximate surface area is 315 Å². The molecule has 5 nitrogen and oxygen atoms in total. The quantitative estimate of drug-likeness (QED) is 0.236. The molecule has 8 rings (SSSR count). The van der Waals surface area contributed by atoms with Crippen LogP contribution in [0.15, 0.2) is 54.4 Å². The molecular weight excluding hydrogens is 637 g/mol. The highest BCUT2D eigenvalue weighted by Crippen LogP contribution is 2.67. The maximum absolute atomic E-state index is 6.84. The number of fused-ring (bicyclic) bond motifs is 5. The topological polar surface area (TPSA) is 64.3 Å². The van der Waals surface area contributed by atoms with Gasteiger partial charge in [-0.1, -0.05) is 71.6 Å². The lowest BCUT2D eigenvalue weighted by molar-refractivity contribution is -0.0559. The fraction of sp³-hybridized carbons (Fsp3) is 0.702. The van der Waals surface area contributed by atoms with Crippen LogP contribution < -0.4 is 10.5 Å². The van der Waals surface area contributed by atoms with Crippen LogP contribution in [0.4, 0.5) is 5.69 Å². The second-order valence-electron chi connectivity index (χ2n) is 19.3. The number of hydrogen-bond acceptors (Lipinski definition) is 5. The average molecular weight is 705 g/mol. The zero-order valence-corrected chi connectivity index (χ0v) is 33.2. The minimum atomic E-state index is 0.264. The van der Waals surface area contributed by atoms with Crippen molar-refractivity contribution in [3.8, 4) is 5.75 Å². The van der Waals surface area contributed by atoms with Crippen molar-refractivity contribution in [2.45, 2.75) is 150 Å². The highest BCUT2D eigenvalue weighted by atomic mass is 16.5. The summed E-state index contributed by atoms with van der Waals surface area (Å²) in [6, 6.07) is 8.80. The molecule has 0 aromatic carbocycles. The lowest BCUT2D eigenvalue weighted by Crippen LogP contribution is -2.51. The van der Waals surface area contributed by atoms with Gasteiger partial charge in [0, 0.05) is 43.2 Å². The summed E-state index contributed by atoms with van der Waals surface area (Å²) in [6.45, 7) is 14.8. The second-order valence-corrected chi connectivity index (χ2v) is 19.3. The number of aromatic nitrogens is 2. The van der Waals surface area contributed by atoms with Gasteiger partial charge in [-0.3, -0.25) is 14.9 Å². The van der Waals surface area contributed by atoms with Crippen LogP contribution in [0.1, 0.15) is 142 Å².